The Morgan fingerprint density at radius 3 is 2.72 bits per heavy atom. The number of para-hydroxylation sites is 1. The van der Waals surface area contributed by atoms with Crippen molar-refractivity contribution in [2.24, 2.45) is 5.10 Å². The number of fused-ring (bicyclic) bond motifs is 2. The van der Waals surface area contributed by atoms with E-state index in [0.717, 1.165) is 15.4 Å². The summed E-state index contributed by atoms with van der Waals surface area (Å²) in [5.41, 5.74) is 1.71. The third-order valence-corrected chi connectivity index (χ3v) is 5.90. The summed E-state index contributed by atoms with van der Waals surface area (Å²) in [6.07, 6.45) is 1.61. The largest absolute Gasteiger partial charge is 0.490 e. The van der Waals surface area contributed by atoms with Gasteiger partial charge >= 0.3 is 0 Å². The van der Waals surface area contributed by atoms with Crippen LogP contribution in [0, 0.1) is 0 Å². The van der Waals surface area contributed by atoms with Crippen molar-refractivity contribution in [1.82, 2.24) is 9.66 Å². The molecule has 2 aromatic heterocycles. The smallest absolute Gasteiger partial charge is 0.282 e. The lowest BCUT2D eigenvalue weighted by Crippen LogP contribution is -2.20. The standard InChI is InChI=1S/C28H24BrN3O4/c1-4-34-25-13-18(9-11-24(25)35-17(2)3)16-30-32-27(31-22-8-6-5-7-21(22)28(32)33)26-15-19-14-20(29)10-12-23(19)36-26/h5-17H,4H2,1-3H3. The average molecular weight is 546 g/mol. The third kappa shape index (κ3) is 4.77. The normalized spacial score (nSPS) is 11.7. The zero-order valence-electron chi connectivity index (χ0n) is 20.1. The van der Waals surface area contributed by atoms with E-state index < -0.39 is 0 Å². The third-order valence-electron chi connectivity index (χ3n) is 5.41. The summed E-state index contributed by atoms with van der Waals surface area (Å²) in [4.78, 5) is 18.2. The van der Waals surface area contributed by atoms with Crippen molar-refractivity contribution < 1.29 is 13.9 Å². The van der Waals surface area contributed by atoms with Gasteiger partial charge in [-0.1, -0.05) is 28.1 Å². The molecule has 8 heteroatoms. The quantitative estimate of drug-likeness (QED) is 0.214. The monoisotopic (exact) mass is 545 g/mol. The first kappa shape index (κ1) is 23.8. The van der Waals surface area contributed by atoms with E-state index in [1.54, 1.807) is 24.4 Å². The molecule has 36 heavy (non-hydrogen) atoms. The zero-order valence-corrected chi connectivity index (χ0v) is 21.7. The lowest BCUT2D eigenvalue weighted by atomic mass is 10.2. The number of halogens is 1. The summed E-state index contributed by atoms with van der Waals surface area (Å²) in [7, 11) is 0. The minimum atomic E-state index is -0.293. The van der Waals surface area contributed by atoms with Crippen molar-refractivity contribution in [3.05, 3.63) is 87.1 Å². The average Bonchev–Trinajstić information content (AvgIpc) is 3.28. The molecule has 2 heterocycles. The topological polar surface area (TPSA) is 78.9 Å². The van der Waals surface area contributed by atoms with Crippen molar-refractivity contribution >= 4 is 44.0 Å². The van der Waals surface area contributed by atoms with Crippen LogP contribution in [0.1, 0.15) is 26.3 Å². The molecule has 0 unspecified atom stereocenters. The molecular weight excluding hydrogens is 522 g/mol. The van der Waals surface area contributed by atoms with Crippen molar-refractivity contribution in [1.29, 1.82) is 0 Å². The van der Waals surface area contributed by atoms with E-state index in [4.69, 9.17) is 18.9 Å². The molecule has 0 N–H and O–H groups in total. The molecule has 182 valence electrons. The van der Waals surface area contributed by atoms with Crippen LogP contribution in [0.2, 0.25) is 0 Å². The second-order valence-corrected chi connectivity index (χ2v) is 9.33. The summed E-state index contributed by atoms with van der Waals surface area (Å²) in [5, 5.41) is 5.89. The lowest BCUT2D eigenvalue weighted by molar-refractivity contribution is 0.224. The summed E-state index contributed by atoms with van der Waals surface area (Å²) in [5.74, 6) is 2.02. The number of rotatable bonds is 7. The van der Waals surface area contributed by atoms with E-state index in [0.29, 0.717) is 46.2 Å². The van der Waals surface area contributed by atoms with Crippen molar-refractivity contribution in [2.45, 2.75) is 26.9 Å². The molecule has 3 aromatic carbocycles. The van der Waals surface area contributed by atoms with Crippen LogP contribution in [0.5, 0.6) is 11.5 Å². The Hall–Kier alpha value is -3.91. The number of aromatic nitrogens is 2. The highest BCUT2D eigenvalue weighted by molar-refractivity contribution is 9.10. The van der Waals surface area contributed by atoms with Crippen LogP contribution in [0.25, 0.3) is 33.5 Å². The van der Waals surface area contributed by atoms with Gasteiger partial charge in [-0.25, -0.2) is 4.98 Å². The minimum absolute atomic E-state index is 0.0120. The predicted octanol–water partition coefficient (Wildman–Crippen LogP) is 6.64. The van der Waals surface area contributed by atoms with Crippen LogP contribution in [-0.2, 0) is 0 Å². The van der Waals surface area contributed by atoms with Gasteiger partial charge in [0, 0.05) is 9.86 Å². The van der Waals surface area contributed by atoms with Gasteiger partial charge in [-0.05, 0) is 80.9 Å². The van der Waals surface area contributed by atoms with Crippen molar-refractivity contribution in [2.75, 3.05) is 6.61 Å². The van der Waals surface area contributed by atoms with E-state index >= 15 is 0 Å². The first-order chi connectivity index (χ1) is 17.4. The van der Waals surface area contributed by atoms with E-state index in [-0.39, 0.29) is 11.7 Å². The van der Waals surface area contributed by atoms with Crippen molar-refractivity contribution in [3.63, 3.8) is 0 Å². The zero-order chi connectivity index (χ0) is 25.2. The number of hydrogen-bond donors (Lipinski definition) is 0. The molecule has 0 atom stereocenters. The van der Waals surface area contributed by atoms with Gasteiger partial charge < -0.3 is 13.9 Å². The molecule has 0 saturated heterocycles. The fourth-order valence-corrected chi connectivity index (χ4v) is 4.24. The van der Waals surface area contributed by atoms with Gasteiger partial charge in [-0.15, -0.1) is 0 Å². The highest BCUT2D eigenvalue weighted by Gasteiger charge is 2.17. The molecule has 0 saturated carbocycles. The van der Waals surface area contributed by atoms with Gasteiger partial charge in [-0.2, -0.15) is 9.78 Å². The lowest BCUT2D eigenvalue weighted by Gasteiger charge is -2.14. The summed E-state index contributed by atoms with van der Waals surface area (Å²) < 4.78 is 19.9. The highest BCUT2D eigenvalue weighted by atomic mass is 79.9. The summed E-state index contributed by atoms with van der Waals surface area (Å²) in [6.45, 7) is 6.33. The Morgan fingerprint density at radius 2 is 1.92 bits per heavy atom. The molecule has 5 rings (SSSR count). The maximum absolute atomic E-state index is 13.5. The second-order valence-electron chi connectivity index (χ2n) is 8.41. The van der Waals surface area contributed by atoms with Gasteiger partial charge in [0.05, 0.1) is 29.8 Å². The fraction of sp³-hybridized carbons (Fsp3) is 0.179. The summed E-state index contributed by atoms with van der Waals surface area (Å²) >= 11 is 3.49. The van der Waals surface area contributed by atoms with E-state index in [2.05, 4.69) is 21.0 Å². The molecule has 0 amide bonds. The first-order valence-electron chi connectivity index (χ1n) is 11.6. The van der Waals surface area contributed by atoms with Gasteiger partial charge in [-0.3, -0.25) is 4.79 Å². The number of furan rings is 1. The Morgan fingerprint density at radius 1 is 1.08 bits per heavy atom. The highest BCUT2D eigenvalue weighted by Crippen LogP contribution is 2.30. The molecule has 0 radical (unpaired) electrons. The van der Waals surface area contributed by atoms with E-state index in [1.165, 1.54) is 4.68 Å². The van der Waals surface area contributed by atoms with Crippen LogP contribution >= 0.6 is 15.9 Å². The summed E-state index contributed by atoms with van der Waals surface area (Å²) in [6, 6.07) is 20.3. The Bertz CT molecular complexity index is 1650. The molecule has 5 aromatic rings. The van der Waals surface area contributed by atoms with Gasteiger partial charge in [0.15, 0.2) is 17.3 Å². The molecule has 0 bridgehead atoms. The van der Waals surface area contributed by atoms with Crippen LogP contribution in [0.4, 0.5) is 0 Å². The maximum atomic E-state index is 13.5. The molecule has 0 aliphatic heterocycles. The molecule has 0 aliphatic carbocycles. The Kier molecular flexibility index (Phi) is 6.61. The van der Waals surface area contributed by atoms with Gasteiger partial charge in [0.25, 0.3) is 5.56 Å². The fourth-order valence-electron chi connectivity index (χ4n) is 3.86. The van der Waals surface area contributed by atoms with E-state index in [1.807, 2.05) is 69.3 Å². The Labute approximate surface area is 216 Å². The van der Waals surface area contributed by atoms with Gasteiger partial charge in [0.1, 0.15) is 5.58 Å². The molecule has 0 fully saturated rings. The van der Waals surface area contributed by atoms with Crippen LogP contribution in [0.3, 0.4) is 0 Å². The predicted molar refractivity (Wildman–Crippen MR) is 145 cm³/mol. The van der Waals surface area contributed by atoms with Crippen LogP contribution < -0.4 is 15.0 Å². The SMILES string of the molecule is CCOc1cc(C=Nn2c(-c3cc4cc(Br)ccc4o3)nc3ccccc3c2=O)ccc1OC(C)C. The molecule has 0 spiro atoms. The molecular formula is C28H24BrN3O4. The first-order valence-corrected chi connectivity index (χ1v) is 12.4. The number of benzene rings is 3. The maximum Gasteiger partial charge on any atom is 0.282 e. The van der Waals surface area contributed by atoms with Crippen LogP contribution in [-0.4, -0.2) is 28.6 Å². The van der Waals surface area contributed by atoms with Crippen LogP contribution in [0.15, 0.2) is 85.5 Å². The molecule has 7 nitrogen and oxygen atoms in total. The van der Waals surface area contributed by atoms with Gasteiger partial charge in [0.2, 0.25) is 5.82 Å². The number of nitrogens with zero attached hydrogens (tertiary/aromatic N) is 3. The number of ether oxygens (including phenoxy) is 2. The van der Waals surface area contributed by atoms with Crippen molar-refractivity contribution in [3.8, 4) is 23.1 Å². The number of hydrogen-bond acceptors (Lipinski definition) is 6. The minimum Gasteiger partial charge on any atom is -0.490 e. The van der Waals surface area contributed by atoms with E-state index in [9.17, 15) is 4.79 Å². The molecule has 0 aliphatic rings. The Balaban J connectivity index is 1.63. The second kappa shape index (κ2) is 9.99.